The lowest BCUT2D eigenvalue weighted by molar-refractivity contribution is 0.621. The van der Waals surface area contributed by atoms with Crippen molar-refractivity contribution < 1.29 is 0 Å². The molecule has 98 valence electrons. The van der Waals surface area contributed by atoms with Crippen LogP contribution >= 0.6 is 24.0 Å². The van der Waals surface area contributed by atoms with Crippen molar-refractivity contribution in [3.63, 3.8) is 0 Å². The van der Waals surface area contributed by atoms with Crippen LogP contribution in [0, 0.1) is 0 Å². The number of nitrogens with one attached hydrogen (secondary N) is 2. The monoisotopic (exact) mass is 350 g/mol. The van der Waals surface area contributed by atoms with E-state index in [-0.39, 0.29) is 24.0 Å². The van der Waals surface area contributed by atoms with Crippen LogP contribution in [-0.4, -0.2) is 23.6 Å². The van der Waals surface area contributed by atoms with E-state index < -0.39 is 0 Å². The van der Waals surface area contributed by atoms with Gasteiger partial charge in [0.2, 0.25) is 0 Å². The molecule has 0 saturated heterocycles. The molecule has 0 aliphatic carbocycles. The molecule has 1 atom stereocenters. The number of hydrogen-bond donors (Lipinski definition) is 2. The van der Waals surface area contributed by atoms with E-state index in [0.29, 0.717) is 6.04 Å². The smallest absolute Gasteiger partial charge is 0.191 e. The molecule has 1 heterocycles. The number of rotatable bonds is 4. The number of guanidine groups is 1. The zero-order chi connectivity index (χ0) is 12.0. The third-order valence-electron chi connectivity index (χ3n) is 2.71. The summed E-state index contributed by atoms with van der Waals surface area (Å²) in [5.41, 5.74) is 1.24. The van der Waals surface area contributed by atoms with Gasteiger partial charge in [0.25, 0.3) is 0 Å². The van der Waals surface area contributed by atoms with E-state index in [0.717, 1.165) is 18.9 Å². The second kappa shape index (κ2) is 8.38. The number of halogens is 1. The van der Waals surface area contributed by atoms with Crippen LogP contribution in [0.1, 0.15) is 26.0 Å². The fourth-order valence-corrected chi connectivity index (χ4v) is 1.38. The molecule has 1 unspecified atom stereocenters. The summed E-state index contributed by atoms with van der Waals surface area (Å²) >= 11 is 0. The van der Waals surface area contributed by atoms with Gasteiger partial charge in [0.05, 0.1) is 6.54 Å². The molecule has 1 aromatic heterocycles. The van der Waals surface area contributed by atoms with Gasteiger partial charge in [0.15, 0.2) is 5.96 Å². The van der Waals surface area contributed by atoms with E-state index >= 15 is 0 Å². The molecule has 2 N–H and O–H groups in total. The van der Waals surface area contributed by atoms with Crippen LogP contribution in [-0.2, 0) is 13.6 Å². The lowest BCUT2D eigenvalue weighted by Gasteiger charge is -2.16. The van der Waals surface area contributed by atoms with Gasteiger partial charge in [-0.2, -0.15) is 0 Å². The topological polar surface area (TPSA) is 41.4 Å². The fraction of sp³-hybridized carbons (Fsp3) is 0.583. The summed E-state index contributed by atoms with van der Waals surface area (Å²) in [6.45, 7) is 5.09. The summed E-state index contributed by atoms with van der Waals surface area (Å²) < 4.78 is 2.10. The summed E-state index contributed by atoms with van der Waals surface area (Å²) in [5.74, 6) is 0.857. The first-order valence-corrected chi connectivity index (χ1v) is 5.74. The number of nitrogens with zero attached hydrogens (tertiary/aromatic N) is 2. The molecule has 0 fully saturated rings. The molecule has 0 saturated carbocycles. The molecule has 0 spiro atoms. The Morgan fingerprint density at radius 1 is 1.53 bits per heavy atom. The molecule has 4 nitrogen and oxygen atoms in total. The molecule has 0 aromatic carbocycles. The average molecular weight is 350 g/mol. The quantitative estimate of drug-likeness (QED) is 0.496. The van der Waals surface area contributed by atoms with E-state index in [2.05, 4.69) is 40.1 Å². The van der Waals surface area contributed by atoms with Crippen LogP contribution in [0.5, 0.6) is 0 Å². The Kier molecular flexibility index (Phi) is 8.03. The normalized spacial score (nSPS) is 12.8. The van der Waals surface area contributed by atoms with Crippen molar-refractivity contribution in [3.05, 3.63) is 24.0 Å². The summed E-state index contributed by atoms with van der Waals surface area (Å²) in [5, 5.41) is 6.62. The minimum absolute atomic E-state index is 0. The van der Waals surface area contributed by atoms with Gasteiger partial charge >= 0.3 is 0 Å². The Morgan fingerprint density at radius 2 is 2.24 bits per heavy atom. The number of aromatic nitrogens is 1. The molecule has 1 rings (SSSR count). The van der Waals surface area contributed by atoms with Gasteiger partial charge in [0.1, 0.15) is 0 Å². The number of aryl methyl sites for hydroxylation is 1. The highest BCUT2D eigenvalue weighted by molar-refractivity contribution is 14.0. The van der Waals surface area contributed by atoms with Crippen molar-refractivity contribution in [2.24, 2.45) is 12.0 Å². The molecule has 5 heteroatoms. The molecule has 0 bridgehead atoms. The van der Waals surface area contributed by atoms with Crippen LogP contribution in [0.2, 0.25) is 0 Å². The maximum atomic E-state index is 4.19. The fourth-order valence-electron chi connectivity index (χ4n) is 1.38. The lowest BCUT2D eigenvalue weighted by Crippen LogP contribution is -2.41. The van der Waals surface area contributed by atoms with Crippen molar-refractivity contribution in [1.82, 2.24) is 15.2 Å². The Morgan fingerprint density at radius 3 is 2.71 bits per heavy atom. The van der Waals surface area contributed by atoms with Crippen LogP contribution in [0.4, 0.5) is 0 Å². The molecule has 1 aromatic rings. The number of aliphatic imine (C=N–C) groups is 1. The largest absolute Gasteiger partial charge is 0.354 e. The zero-order valence-corrected chi connectivity index (χ0v) is 13.4. The molecule has 0 amide bonds. The van der Waals surface area contributed by atoms with Crippen LogP contribution in [0.25, 0.3) is 0 Å². The zero-order valence-electron chi connectivity index (χ0n) is 11.0. The minimum Gasteiger partial charge on any atom is -0.354 e. The molecule has 0 aliphatic heterocycles. The van der Waals surface area contributed by atoms with Crippen molar-refractivity contribution in [3.8, 4) is 0 Å². The predicted molar refractivity (Wildman–Crippen MR) is 83.9 cm³/mol. The standard InChI is InChI=1S/C12H22N4.HI/c1-5-10(2)15-12(13-3)14-9-11-7-6-8-16(11)4;/h6-8,10H,5,9H2,1-4H3,(H2,13,14,15);1H. The summed E-state index contributed by atoms with van der Waals surface area (Å²) in [4.78, 5) is 4.19. The molecular weight excluding hydrogens is 327 g/mol. The van der Waals surface area contributed by atoms with Gasteiger partial charge in [-0.1, -0.05) is 6.92 Å². The van der Waals surface area contributed by atoms with Gasteiger partial charge in [0, 0.05) is 32.0 Å². The van der Waals surface area contributed by atoms with E-state index in [4.69, 9.17) is 0 Å². The Hall–Kier alpha value is -0.720. The van der Waals surface area contributed by atoms with Crippen molar-refractivity contribution >= 4 is 29.9 Å². The highest BCUT2D eigenvalue weighted by atomic mass is 127. The van der Waals surface area contributed by atoms with E-state index in [1.54, 1.807) is 7.05 Å². The third kappa shape index (κ3) is 5.43. The Balaban J connectivity index is 0.00000256. The van der Waals surface area contributed by atoms with Gasteiger partial charge in [-0.05, 0) is 25.5 Å². The average Bonchev–Trinajstić information content (AvgIpc) is 2.69. The van der Waals surface area contributed by atoms with Gasteiger partial charge in [-0.15, -0.1) is 24.0 Å². The van der Waals surface area contributed by atoms with Crippen molar-refractivity contribution in [1.29, 1.82) is 0 Å². The molecule has 0 radical (unpaired) electrons. The highest BCUT2D eigenvalue weighted by Crippen LogP contribution is 1.98. The SMILES string of the molecule is CCC(C)NC(=NC)NCc1cccn1C.I. The molecule has 17 heavy (non-hydrogen) atoms. The third-order valence-corrected chi connectivity index (χ3v) is 2.71. The Labute approximate surface area is 121 Å². The number of hydrogen-bond acceptors (Lipinski definition) is 1. The summed E-state index contributed by atoms with van der Waals surface area (Å²) in [7, 11) is 3.84. The van der Waals surface area contributed by atoms with E-state index in [1.165, 1.54) is 5.69 Å². The van der Waals surface area contributed by atoms with E-state index in [9.17, 15) is 0 Å². The van der Waals surface area contributed by atoms with Gasteiger partial charge in [-0.25, -0.2) is 0 Å². The second-order valence-corrected chi connectivity index (χ2v) is 3.99. The molecular formula is C12H23IN4. The van der Waals surface area contributed by atoms with Crippen LogP contribution < -0.4 is 10.6 Å². The first kappa shape index (κ1) is 16.3. The second-order valence-electron chi connectivity index (χ2n) is 3.99. The van der Waals surface area contributed by atoms with Crippen LogP contribution in [0.15, 0.2) is 23.3 Å². The molecule has 0 aliphatic rings. The first-order valence-electron chi connectivity index (χ1n) is 5.74. The van der Waals surface area contributed by atoms with Crippen molar-refractivity contribution in [2.45, 2.75) is 32.9 Å². The van der Waals surface area contributed by atoms with Gasteiger partial charge < -0.3 is 15.2 Å². The highest BCUT2D eigenvalue weighted by Gasteiger charge is 2.03. The van der Waals surface area contributed by atoms with Gasteiger partial charge in [-0.3, -0.25) is 4.99 Å². The summed E-state index contributed by atoms with van der Waals surface area (Å²) in [6.07, 6.45) is 3.13. The maximum absolute atomic E-state index is 4.19. The van der Waals surface area contributed by atoms with Crippen molar-refractivity contribution in [2.75, 3.05) is 7.05 Å². The maximum Gasteiger partial charge on any atom is 0.191 e. The van der Waals surface area contributed by atoms with E-state index in [1.807, 2.05) is 19.3 Å². The first-order chi connectivity index (χ1) is 7.67. The minimum atomic E-state index is 0. The predicted octanol–water partition coefficient (Wildman–Crippen LogP) is 2.11. The van der Waals surface area contributed by atoms with Crippen LogP contribution in [0.3, 0.4) is 0 Å². The Bertz CT molecular complexity index is 346. The lowest BCUT2D eigenvalue weighted by atomic mass is 10.3. The summed E-state index contributed by atoms with van der Waals surface area (Å²) in [6, 6.07) is 4.59.